The van der Waals surface area contributed by atoms with E-state index < -0.39 is 5.91 Å². The zero-order valence-electron chi connectivity index (χ0n) is 22.0. The maximum absolute atomic E-state index is 13.4. The number of halogens is 1. The molecule has 0 spiro atoms. The lowest BCUT2D eigenvalue weighted by Crippen LogP contribution is -2.30. The summed E-state index contributed by atoms with van der Waals surface area (Å²) < 4.78 is 1.09. The van der Waals surface area contributed by atoms with Gasteiger partial charge >= 0.3 is 0 Å². The van der Waals surface area contributed by atoms with Gasteiger partial charge in [-0.25, -0.2) is 0 Å². The van der Waals surface area contributed by atoms with Gasteiger partial charge in [-0.15, -0.1) is 11.8 Å². The lowest BCUT2D eigenvalue weighted by atomic mass is 10.1. The first-order valence-electron chi connectivity index (χ1n) is 12.6. The number of aryl methyl sites for hydroxylation is 1. The van der Waals surface area contributed by atoms with Crippen molar-refractivity contribution in [3.8, 4) is 0 Å². The molecule has 40 heavy (non-hydrogen) atoms. The number of carbonyl (C=O) groups excluding carboxylic acids is 3. The fraction of sp³-hybridized carbons (Fsp3) is 0.0938. The maximum atomic E-state index is 13.4. The molecule has 4 aromatic rings. The summed E-state index contributed by atoms with van der Waals surface area (Å²) in [4.78, 5) is 39.8. The SMILES string of the molecule is Cc1ccc(/C=C(\NC(=O)c2ccccc2)C(=O)Nc2cccc(SC(C)C(=O)Nc3ccc(I)cc3)c2)cc1. The van der Waals surface area contributed by atoms with Gasteiger partial charge in [0.1, 0.15) is 5.70 Å². The topological polar surface area (TPSA) is 87.3 Å². The van der Waals surface area contributed by atoms with Crippen LogP contribution < -0.4 is 16.0 Å². The maximum Gasteiger partial charge on any atom is 0.272 e. The van der Waals surface area contributed by atoms with E-state index in [0.717, 1.165) is 25.3 Å². The van der Waals surface area contributed by atoms with E-state index in [4.69, 9.17) is 0 Å². The normalized spacial score (nSPS) is 11.8. The Morgan fingerprint density at radius 2 is 1.50 bits per heavy atom. The molecule has 0 radical (unpaired) electrons. The molecule has 0 fully saturated rings. The van der Waals surface area contributed by atoms with Crippen molar-refractivity contribution in [2.24, 2.45) is 0 Å². The van der Waals surface area contributed by atoms with Gasteiger partial charge in [-0.1, -0.05) is 54.1 Å². The molecule has 0 aliphatic heterocycles. The highest BCUT2D eigenvalue weighted by Crippen LogP contribution is 2.27. The van der Waals surface area contributed by atoms with E-state index in [1.807, 2.05) is 80.6 Å². The summed E-state index contributed by atoms with van der Waals surface area (Å²) in [6.07, 6.45) is 1.64. The van der Waals surface area contributed by atoms with Crippen LogP contribution in [0.2, 0.25) is 0 Å². The summed E-state index contributed by atoms with van der Waals surface area (Å²) >= 11 is 3.60. The van der Waals surface area contributed by atoms with E-state index in [2.05, 4.69) is 38.5 Å². The van der Waals surface area contributed by atoms with E-state index in [9.17, 15) is 14.4 Å². The van der Waals surface area contributed by atoms with Gasteiger partial charge in [0.15, 0.2) is 0 Å². The highest BCUT2D eigenvalue weighted by Gasteiger charge is 2.17. The Morgan fingerprint density at radius 3 is 2.20 bits per heavy atom. The van der Waals surface area contributed by atoms with E-state index in [1.54, 1.807) is 42.5 Å². The van der Waals surface area contributed by atoms with Crippen LogP contribution in [0, 0.1) is 10.5 Å². The number of thioether (sulfide) groups is 1. The van der Waals surface area contributed by atoms with Crippen molar-refractivity contribution >= 4 is 69.5 Å². The molecule has 0 saturated heterocycles. The standard InChI is InChI=1S/C32H28IN3O3S/c1-21-11-13-23(14-12-21)19-29(36-31(38)24-7-4-3-5-8-24)32(39)35-27-9-6-10-28(20-27)40-22(2)30(37)34-26-17-15-25(33)16-18-26/h3-20,22H,1-2H3,(H,34,37)(H,35,39)(H,36,38)/b29-19-. The Bertz CT molecular complexity index is 1520. The third-order valence-electron chi connectivity index (χ3n) is 5.80. The van der Waals surface area contributed by atoms with Gasteiger partial charge in [0.25, 0.3) is 11.8 Å². The van der Waals surface area contributed by atoms with E-state index in [0.29, 0.717) is 11.3 Å². The first-order valence-corrected chi connectivity index (χ1v) is 14.5. The molecule has 8 heteroatoms. The highest BCUT2D eigenvalue weighted by molar-refractivity contribution is 14.1. The average Bonchev–Trinajstić information content (AvgIpc) is 2.95. The molecular formula is C32H28IN3O3S. The third kappa shape index (κ3) is 8.56. The molecule has 0 heterocycles. The summed E-state index contributed by atoms with van der Waals surface area (Å²) in [6.45, 7) is 3.81. The van der Waals surface area contributed by atoms with Gasteiger partial charge in [-0.2, -0.15) is 0 Å². The van der Waals surface area contributed by atoms with Gasteiger partial charge < -0.3 is 16.0 Å². The van der Waals surface area contributed by atoms with Crippen LogP contribution in [0.15, 0.2) is 114 Å². The molecule has 0 aromatic heterocycles. The number of amides is 3. The van der Waals surface area contributed by atoms with Crippen molar-refractivity contribution < 1.29 is 14.4 Å². The molecule has 1 unspecified atom stereocenters. The van der Waals surface area contributed by atoms with E-state index >= 15 is 0 Å². The first-order chi connectivity index (χ1) is 19.3. The summed E-state index contributed by atoms with van der Waals surface area (Å²) in [5.41, 5.74) is 3.71. The minimum Gasteiger partial charge on any atom is -0.325 e. The quantitative estimate of drug-likeness (QED) is 0.101. The van der Waals surface area contributed by atoms with Crippen LogP contribution in [-0.2, 0) is 9.59 Å². The molecule has 3 amide bonds. The van der Waals surface area contributed by atoms with Crippen molar-refractivity contribution in [2.45, 2.75) is 24.0 Å². The van der Waals surface area contributed by atoms with Crippen LogP contribution in [0.1, 0.15) is 28.4 Å². The van der Waals surface area contributed by atoms with Crippen molar-refractivity contribution in [1.29, 1.82) is 0 Å². The van der Waals surface area contributed by atoms with Crippen LogP contribution in [0.3, 0.4) is 0 Å². The average molecular weight is 662 g/mol. The summed E-state index contributed by atoms with van der Waals surface area (Å²) in [5.74, 6) is -0.963. The molecular weight excluding hydrogens is 633 g/mol. The molecule has 0 aliphatic carbocycles. The lowest BCUT2D eigenvalue weighted by Gasteiger charge is -2.14. The number of hydrogen-bond donors (Lipinski definition) is 3. The van der Waals surface area contributed by atoms with Crippen LogP contribution >= 0.6 is 34.4 Å². The number of anilines is 2. The van der Waals surface area contributed by atoms with Gasteiger partial charge in [0, 0.05) is 25.4 Å². The number of hydrogen-bond acceptors (Lipinski definition) is 4. The van der Waals surface area contributed by atoms with Crippen LogP contribution in [-0.4, -0.2) is 23.0 Å². The Labute approximate surface area is 251 Å². The smallest absolute Gasteiger partial charge is 0.272 e. The second-order valence-electron chi connectivity index (χ2n) is 9.03. The van der Waals surface area contributed by atoms with Gasteiger partial charge in [0.05, 0.1) is 5.25 Å². The molecule has 0 saturated carbocycles. The molecule has 4 rings (SSSR count). The van der Waals surface area contributed by atoms with Crippen molar-refractivity contribution in [1.82, 2.24) is 5.32 Å². The minimum atomic E-state index is -0.462. The summed E-state index contributed by atoms with van der Waals surface area (Å²) in [5, 5.41) is 8.20. The summed E-state index contributed by atoms with van der Waals surface area (Å²) in [6, 6.07) is 31.3. The van der Waals surface area contributed by atoms with E-state index in [1.165, 1.54) is 11.8 Å². The fourth-order valence-electron chi connectivity index (χ4n) is 3.65. The zero-order valence-corrected chi connectivity index (χ0v) is 25.0. The largest absolute Gasteiger partial charge is 0.325 e. The van der Waals surface area contributed by atoms with Crippen molar-refractivity contribution in [2.75, 3.05) is 10.6 Å². The molecule has 1 atom stereocenters. The van der Waals surface area contributed by atoms with Crippen molar-refractivity contribution in [3.63, 3.8) is 0 Å². The van der Waals surface area contributed by atoms with Crippen LogP contribution in [0.5, 0.6) is 0 Å². The number of carbonyl (C=O) groups is 3. The number of rotatable bonds is 9. The van der Waals surface area contributed by atoms with Gasteiger partial charge in [0.2, 0.25) is 5.91 Å². The monoisotopic (exact) mass is 661 g/mol. The predicted octanol–water partition coefficient (Wildman–Crippen LogP) is 7.13. The van der Waals surface area contributed by atoms with Crippen LogP contribution in [0.4, 0.5) is 11.4 Å². The fourth-order valence-corrected chi connectivity index (χ4v) is 4.94. The van der Waals surface area contributed by atoms with Crippen molar-refractivity contribution in [3.05, 3.63) is 129 Å². The predicted molar refractivity (Wildman–Crippen MR) is 171 cm³/mol. The highest BCUT2D eigenvalue weighted by atomic mass is 127. The Kier molecular flexibility index (Phi) is 10.2. The molecule has 3 N–H and O–H groups in total. The Hall–Kier alpha value is -3.89. The molecule has 6 nitrogen and oxygen atoms in total. The minimum absolute atomic E-state index is 0.112. The second kappa shape index (κ2) is 14.0. The molecule has 202 valence electrons. The van der Waals surface area contributed by atoms with E-state index in [-0.39, 0.29) is 22.8 Å². The lowest BCUT2D eigenvalue weighted by molar-refractivity contribution is -0.115. The second-order valence-corrected chi connectivity index (χ2v) is 11.7. The number of nitrogens with one attached hydrogen (secondary N) is 3. The number of benzene rings is 4. The summed E-state index contributed by atoms with van der Waals surface area (Å²) in [7, 11) is 0. The Balaban J connectivity index is 1.47. The van der Waals surface area contributed by atoms with Gasteiger partial charge in [-0.05, 0) is 103 Å². The van der Waals surface area contributed by atoms with Gasteiger partial charge in [-0.3, -0.25) is 14.4 Å². The molecule has 4 aromatic carbocycles. The third-order valence-corrected chi connectivity index (χ3v) is 7.62. The molecule has 0 bridgehead atoms. The first kappa shape index (κ1) is 29.1. The molecule has 0 aliphatic rings. The Morgan fingerprint density at radius 1 is 0.800 bits per heavy atom. The van der Waals surface area contributed by atoms with Crippen LogP contribution in [0.25, 0.3) is 6.08 Å². The zero-order chi connectivity index (χ0) is 28.5.